The molecule has 0 radical (unpaired) electrons. The molecule has 0 atom stereocenters. The molecule has 0 unspecified atom stereocenters. The van der Waals surface area contributed by atoms with Crippen molar-refractivity contribution in [3.05, 3.63) is 30.6 Å². The van der Waals surface area contributed by atoms with Crippen molar-refractivity contribution >= 4 is 23.5 Å². The lowest BCUT2D eigenvalue weighted by atomic mass is 9.78. The van der Waals surface area contributed by atoms with Crippen LogP contribution in [0.15, 0.2) is 30.6 Å². The minimum atomic E-state index is -1.54. The summed E-state index contributed by atoms with van der Waals surface area (Å²) in [6, 6.07) is 5.22. The highest BCUT2D eigenvalue weighted by atomic mass is 16.5. The zero-order valence-electron chi connectivity index (χ0n) is 12.6. The van der Waals surface area contributed by atoms with Crippen LogP contribution >= 0.6 is 0 Å². The third-order valence-electron chi connectivity index (χ3n) is 3.23. The Kier molecular flexibility index (Phi) is 3.63. The van der Waals surface area contributed by atoms with Gasteiger partial charge < -0.3 is 14.8 Å². The average molecular weight is 300 g/mol. The minimum Gasteiger partial charge on any atom is -0.472 e. The Labute approximate surface area is 127 Å². The van der Waals surface area contributed by atoms with E-state index in [1.165, 1.54) is 0 Å². The number of nitrogens with zero attached hydrogens (tertiary/aromatic N) is 4. The van der Waals surface area contributed by atoms with Gasteiger partial charge in [0.2, 0.25) is 0 Å². The maximum absolute atomic E-state index is 9.46. The van der Waals surface area contributed by atoms with Gasteiger partial charge in [0.05, 0.1) is 17.8 Å². The van der Waals surface area contributed by atoms with Gasteiger partial charge in [-0.25, -0.2) is 4.68 Å². The Morgan fingerprint density at radius 1 is 1.18 bits per heavy atom. The van der Waals surface area contributed by atoms with E-state index in [1.54, 1.807) is 33.9 Å². The predicted molar refractivity (Wildman–Crippen MR) is 83.4 cm³/mol. The molecule has 0 amide bonds. The van der Waals surface area contributed by atoms with E-state index in [9.17, 15) is 10.0 Å². The molecule has 2 heterocycles. The molecule has 0 fully saturated rings. The standard InChI is InChI=1S/C14H17BN4O3/c1-9(2)22-14-13(8-18(3)17-14)19-7-10-11(15(20)21)5-4-6-12(10)16-19/h4-9,20-21H,1-3H3. The van der Waals surface area contributed by atoms with Crippen molar-refractivity contribution in [2.24, 2.45) is 7.05 Å². The maximum atomic E-state index is 9.46. The number of benzene rings is 1. The SMILES string of the molecule is CC(C)Oc1nn(C)cc1-n1cc2c(B(O)O)cccc2n1. The number of aryl methyl sites for hydroxylation is 1. The molecule has 22 heavy (non-hydrogen) atoms. The fourth-order valence-electron chi connectivity index (χ4n) is 2.33. The fraction of sp³-hybridized carbons (Fsp3) is 0.286. The number of rotatable bonds is 4. The summed E-state index contributed by atoms with van der Waals surface area (Å²) < 4.78 is 9.00. The van der Waals surface area contributed by atoms with Gasteiger partial charge in [-0.2, -0.15) is 5.10 Å². The predicted octanol–water partition coefficient (Wildman–Crippen LogP) is 0.226. The molecule has 8 heteroatoms. The van der Waals surface area contributed by atoms with E-state index in [1.807, 2.05) is 27.0 Å². The fourth-order valence-corrected chi connectivity index (χ4v) is 2.33. The highest BCUT2D eigenvalue weighted by molar-refractivity contribution is 6.61. The van der Waals surface area contributed by atoms with Crippen LogP contribution in [0.2, 0.25) is 0 Å². The molecule has 2 N–H and O–H groups in total. The first-order chi connectivity index (χ1) is 10.5. The molecule has 0 aliphatic heterocycles. The summed E-state index contributed by atoms with van der Waals surface area (Å²) in [5, 5.41) is 28.3. The molecular weight excluding hydrogens is 283 g/mol. The second-order valence-electron chi connectivity index (χ2n) is 5.39. The van der Waals surface area contributed by atoms with Crippen LogP contribution in [0.5, 0.6) is 5.88 Å². The van der Waals surface area contributed by atoms with Gasteiger partial charge >= 0.3 is 7.12 Å². The van der Waals surface area contributed by atoms with E-state index >= 15 is 0 Å². The zero-order valence-corrected chi connectivity index (χ0v) is 12.6. The van der Waals surface area contributed by atoms with Crippen LogP contribution in [0.25, 0.3) is 16.6 Å². The minimum absolute atomic E-state index is 0.00606. The van der Waals surface area contributed by atoms with Crippen LogP contribution < -0.4 is 10.2 Å². The van der Waals surface area contributed by atoms with Crippen LogP contribution in [0.1, 0.15) is 13.8 Å². The van der Waals surface area contributed by atoms with E-state index in [4.69, 9.17) is 4.74 Å². The number of hydrogen-bond donors (Lipinski definition) is 2. The Morgan fingerprint density at radius 3 is 2.64 bits per heavy atom. The Balaban J connectivity index is 2.13. The zero-order chi connectivity index (χ0) is 15.9. The summed E-state index contributed by atoms with van der Waals surface area (Å²) >= 11 is 0. The summed E-state index contributed by atoms with van der Waals surface area (Å²) in [7, 11) is 0.268. The van der Waals surface area contributed by atoms with E-state index in [0.29, 0.717) is 27.9 Å². The Hall–Kier alpha value is -2.32. The highest BCUT2D eigenvalue weighted by Gasteiger charge is 2.19. The Morgan fingerprint density at radius 2 is 1.95 bits per heavy atom. The second kappa shape index (κ2) is 5.47. The lowest BCUT2D eigenvalue weighted by Gasteiger charge is -2.08. The molecule has 3 rings (SSSR count). The molecule has 3 aromatic rings. The van der Waals surface area contributed by atoms with Crippen molar-refractivity contribution < 1.29 is 14.8 Å². The van der Waals surface area contributed by atoms with Gasteiger partial charge in [-0.15, -0.1) is 5.10 Å². The largest absolute Gasteiger partial charge is 0.489 e. The third kappa shape index (κ3) is 2.58. The van der Waals surface area contributed by atoms with E-state index in [0.717, 1.165) is 0 Å². The van der Waals surface area contributed by atoms with E-state index in [2.05, 4.69) is 10.2 Å². The van der Waals surface area contributed by atoms with Gasteiger partial charge in [0.15, 0.2) is 0 Å². The van der Waals surface area contributed by atoms with Gasteiger partial charge in [0.25, 0.3) is 5.88 Å². The number of fused-ring (bicyclic) bond motifs is 1. The summed E-state index contributed by atoms with van der Waals surface area (Å²) in [6.45, 7) is 3.86. The average Bonchev–Trinajstić information content (AvgIpc) is 3.00. The quantitative estimate of drug-likeness (QED) is 0.674. The molecular formula is C14H17BN4O3. The molecule has 0 saturated carbocycles. The van der Waals surface area contributed by atoms with Crippen LogP contribution in [-0.4, -0.2) is 42.8 Å². The topological polar surface area (TPSA) is 85.3 Å². The monoisotopic (exact) mass is 300 g/mol. The van der Waals surface area contributed by atoms with Crippen molar-refractivity contribution in [3.8, 4) is 11.6 Å². The molecule has 2 aromatic heterocycles. The normalized spacial score (nSPS) is 11.4. The molecule has 0 aliphatic rings. The van der Waals surface area contributed by atoms with Crippen LogP contribution in [0.3, 0.4) is 0 Å². The lowest BCUT2D eigenvalue weighted by Crippen LogP contribution is -2.30. The van der Waals surface area contributed by atoms with E-state index in [-0.39, 0.29) is 6.10 Å². The van der Waals surface area contributed by atoms with Crippen molar-refractivity contribution in [3.63, 3.8) is 0 Å². The van der Waals surface area contributed by atoms with Crippen molar-refractivity contribution in [1.29, 1.82) is 0 Å². The summed E-state index contributed by atoms with van der Waals surface area (Å²) in [5.74, 6) is 0.483. The van der Waals surface area contributed by atoms with Gasteiger partial charge in [0, 0.05) is 18.6 Å². The number of ether oxygens (including phenoxy) is 1. The molecule has 7 nitrogen and oxygen atoms in total. The first kappa shape index (κ1) is 14.6. The summed E-state index contributed by atoms with van der Waals surface area (Å²) in [5.41, 5.74) is 1.79. The van der Waals surface area contributed by atoms with Gasteiger partial charge in [-0.05, 0) is 25.4 Å². The van der Waals surface area contributed by atoms with Gasteiger partial charge in [0.1, 0.15) is 5.69 Å². The number of aromatic nitrogens is 4. The second-order valence-corrected chi connectivity index (χ2v) is 5.39. The van der Waals surface area contributed by atoms with Crippen LogP contribution in [-0.2, 0) is 7.05 Å². The molecule has 0 bridgehead atoms. The first-order valence-electron chi connectivity index (χ1n) is 7.01. The molecule has 1 aromatic carbocycles. The third-order valence-corrected chi connectivity index (χ3v) is 3.23. The molecule has 0 spiro atoms. The molecule has 114 valence electrons. The number of hydrogen-bond acceptors (Lipinski definition) is 5. The summed E-state index contributed by atoms with van der Waals surface area (Å²) in [4.78, 5) is 0. The summed E-state index contributed by atoms with van der Waals surface area (Å²) in [6.07, 6.45) is 3.54. The van der Waals surface area contributed by atoms with Crippen molar-refractivity contribution in [2.75, 3.05) is 0 Å². The lowest BCUT2D eigenvalue weighted by molar-refractivity contribution is 0.230. The maximum Gasteiger partial charge on any atom is 0.489 e. The van der Waals surface area contributed by atoms with Crippen molar-refractivity contribution in [2.45, 2.75) is 20.0 Å². The van der Waals surface area contributed by atoms with Crippen LogP contribution in [0.4, 0.5) is 0 Å². The van der Waals surface area contributed by atoms with Crippen LogP contribution in [0, 0.1) is 0 Å². The molecule has 0 aliphatic carbocycles. The van der Waals surface area contributed by atoms with Gasteiger partial charge in [-0.3, -0.25) is 4.68 Å². The van der Waals surface area contributed by atoms with Crippen molar-refractivity contribution in [1.82, 2.24) is 19.6 Å². The Bertz CT molecular complexity index is 810. The smallest absolute Gasteiger partial charge is 0.472 e. The highest BCUT2D eigenvalue weighted by Crippen LogP contribution is 2.23. The van der Waals surface area contributed by atoms with Gasteiger partial charge in [-0.1, -0.05) is 12.1 Å². The molecule has 0 saturated heterocycles. The first-order valence-corrected chi connectivity index (χ1v) is 7.01. The van der Waals surface area contributed by atoms with E-state index < -0.39 is 7.12 Å².